The maximum atomic E-state index is 13.1. The van der Waals surface area contributed by atoms with Gasteiger partial charge in [0.1, 0.15) is 0 Å². The van der Waals surface area contributed by atoms with E-state index < -0.39 is 0 Å². The van der Waals surface area contributed by atoms with E-state index in [1.807, 2.05) is 18.2 Å². The van der Waals surface area contributed by atoms with Gasteiger partial charge in [0, 0.05) is 67.3 Å². The summed E-state index contributed by atoms with van der Waals surface area (Å²) in [6.07, 6.45) is 4.11. The van der Waals surface area contributed by atoms with Crippen LogP contribution in [0.2, 0.25) is 0 Å². The fourth-order valence-corrected chi connectivity index (χ4v) is 4.30. The number of amides is 2. The van der Waals surface area contributed by atoms with Crippen LogP contribution in [0.1, 0.15) is 39.1 Å². The van der Waals surface area contributed by atoms with E-state index in [9.17, 15) is 9.59 Å². The number of nitrogens with two attached hydrogens (primary N) is 1. The van der Waals surface area contributed by atoms with Gasteiger partial charge in [-0.05, 0) is 54.1 Å². The zero-order valence-corrected chi connectivity index (χ0v) is 19.3. The minimum absolute atomic E-state index is 0.124. The molecule has 2 fully saturated rings. The summed E-state index contributed by atoms with van der Waals surface area (Å²) in [5, 5.41) is 7.05. The van der Waals surface area contributed by atoms with Crippen molar-refractivity contribution in [3.63, 3.8) is 0 Å². The molecule has 8 heteroatoms. The summed E-state index contributed by atoms with van der Waals surface area (Å²) in [6, 6.07) is 13.3. The standard InChI is InChI=1S/C26H31N5O3/c27-17-21-4-3-19(25(32)28-22-5-6-22)15-23(21)29-26(33)20-2-1-18-7-8-31(24(18)16-20)10-9-30-11-13-34-14-12-30/h1-4,7-8,15-16,22H,5-6,9-14,17,27H2,(H,28,32)(H,29,33). The van der Waals surface area contributed by atoms with Crippen LogP contribution in [0.5, 0.6) is 0 Å². The normalized spacial score (nSPS) is 16.5. The summed E-state index contributed by atoms with van der Waals surface area (Å²) in [4.78, 5) is 28.0. The average molecular weight is 462 g/mol. The highest BCUT2D eigenvalue weighted by Crippen LogP contribution is 2.23. The topological polar surface area (TPSA) is 102 Å². The molecule has 2 amide bonds. The van der Waals surface area contributed by atoms with Gasteiger partial charge in [-0.3, -0.25) is 14.5 Å². The maximum absolute atomic E-state index is 13.1. The van der Waals surface area contributed by atoms with Gasteiger partial charge in [0.15, 0.2) is 0 Å². The first-order valence-electron chi connectivity index (χ1n) is 11.9. The van der Waals surface area contributed by atoms with Crippen LogP contribution in [0.15, 0.2) is 48.7 Å². The van der Waals surface area contributed by atoms with Gasteiger partial charge in [-0.1, -0.05) is 12.1 Å². The van der Waals surface area contributed by atoms with Crippen molar-refractivity contribution in [2.45, 2.75) is 32.0 Å². The number of anilines is 1. The lowest BCUT2D eigenvalue weighted by atomic mass is 10.1. The Kier molecular flexibility index (Phi) is 6.62. The molecule has 1 saturated heterocycles. The van der Waals surface area contributed by atoms with Gasteiger partial charge in [-0.15, -0.1) is 0 Å². The monoisotopic (exact) mass is 461 g/mol. The van der Waals surface area contributed by atoms with Crippen molar-refractivity contribution in [1.82, 2.24) is 14.8 Å². The third kappa shape index (κ3) is 5.14. The molecule has 8 nitrogen and oxygen atoms in total. The Balaban J connectivity index is 1.32. The van der Waals surface area contributed by atoms with Gasteiger partial charge in [0.25, 0.3) is 11.8 Å². The zero-order valence-electron chi connectivity index (χ0n) is 19.3. The third-order valence-electron chi connectivity index (χ3n) is 6.55. The van der Waals surface area contributed by atoms with Crippen molar-refractivity contribution in [2.75, 3.05) is 38.2 Å². The number of rotatable bonds is 8. The lowest BCUT2D eigenvalue weighted by Gasteiger charge is -2.26. The Hall–Kier alpha value is -3.20. The summed E-state index contributed by atoms with van der Waals surface area (Å²) >= 11 is 0. The summed E-state index contributed by atoms with van der Waals surface area (Å²) in [6.45, 7) is 5.53. The number of benzene rings is 2. The molecule has 2 aliphatic rings. The lowest BCUT2D eigenvalue weighted by Crippen LogP contribution is -2.38. The number of carbonyl (C=O) groups is 2. The zero-order chi connectivity index (χ0) is 23.5. The van der Waals surface area contributed by atoms with E-state index in [1.54, 1.807) is 18.2 Å². The smallest absolute Gasteiger partial charge is 0.255 e. The molecular weight excluding hydrogens is 430 g/mol. The van der Waals surface area contributed by atoms with Crippen molar-refractivity contribution >= 4 is 28.4 Å². The Morgan fingerprint density at radius 3 is 2.50 bits per heavy atom. The second-order valence-corrected chi connectivity index (χ2v) is 9.01. The summed E-state index contributed by atoms with van der Waals surface area (Å²) in [5.74, 6) is -0.349. The van der Waals surface area contributed by atoms with Crippen LogP contribution in [0.25, 0.3) is 10.9 Å². The Labute approximate surface area is 199 Å². The molecule has 0 unspecified atom stereocenters. The molecule has 2 heterocycles. The van der Waals surface area contributed by atoms with Crippen LogP contribution in [0, 0.1) is 0 Å². The molecule has 0 atom stereocenters. The molecule has 178 valence electrons. The molecule has 1 aromatic heterocycles. The molecular formula is C26H31N5O3. The highest BCUT2D eigenvalue weighted by molar-refractivity contribution is 6.07. The molecule has 34 heavy (non-hydrogen) atoms. The minimum atomic E-state index is -0.225. The van der Waals surface area contributed by atoms with Gasteiger partial charge in [-0.2, -0.15) is 0 Å². The average Bonchev–Trinajstić information content (AvgIpc) is 3.59. The molecule has 0 radical (unpaired) electrons. The molecule has 2 aromatic carbocycles. The second kappa shape index (κ2) is 9.97. The summed E-state index contributed by atoms with van der Waals surface area (Å²) in [5.41, 5.74) is 9.35. The third-order valence-corrected chi connectivity index (χ3v) is 6.55. The highest BCUT2D eigenvalue weighted by Gasteiger charge is 2.24. The van der Waals surface area contributed by atoms with Crippen LogP contribution in [-0.2, 0) is 17.8 Å². The van der Waals surface area contributed by atoms with E-state index in [1.165, 1.54) is 0 Å². The van der Waals surface area contributed by atoms with Crippen molar-refractivity contribution < 1.29 is 14.3 Å². The molecule has 3 aromatic rings. The van der Waals surface area contributed by atoms with Crippen LogP contribution in [-0.4, -0.2) is 60.2 Å². The number of carbonyl (C=O) groups excluding carboxylic acids is 2. The van der Waals surface area contributed by atoms with E-state index in [0.29, 0.717) is 16.8 Å². The number of hydrogen-bond acceptors (Lipinski definition) is 5. The largest absolute Gasteiger partial charge is 0.379 e. The quantitative estimate of drug-likeness (QED) is 0.479. The van der Waals surface area contributed by atoms with Crippen LogP contribution < -0.4 is 16.4 Å². The number of morpholine rings is 1. The number of nitrogens with zero attached hydrogens (tertiary/aromatic N) is 2. The molecule has 0 bridgehead atoms. The van der Waals surface area contributed by atoms with Crippen molar-refractivity contribution in [3.8, 4) is 0 Å². The van der Waals surface area contributed by atoms with Crippen molar-refractivity contribution in [3.05, 3.63) is 65.4 Å². The minimum Gasteiger partial charge on any atom is -0.379 e. The van der Waals surface area contributed by atoms with Crippen LogP contribution in [0.3, 0.4) is 0 Å². The fourth-order valence-electron chi connectivity index (χ4n) is 4.30. The van der Waals surface area contributed by atoms with Crippen LogP contribution in [0.4, 0.5) is 5.69 Å². The molecule has 1 saturated carbocycles. The number of nitrogens with one attached hydrogen (secondary N) is 2. The van der Waals surface area contributed by atoms with Gasteiger partial charge < -0.3 is 25.7 Å². The number of aromatic nitrogens is 1. The second-order valence-electron chi connectivity index (χ2n) is 9.01. The van der Waals surface area contributed by atoms with E-state index in [2.05, 4.69) is 32.4 Å². The Bertz CT molecular complexity index is 1190. The predicted molar refractivity (Wildman–Crippen MR) is 132 cm³/mol. The van der Waals surface area contributed by atoms with E-state index in [0.717, 1.165) is 68.7 Å². The Morgan fingerprint density at radius 1 is 0.971 bits per heavy atom. The number of fused-ring (bicyclic) bond motifs is 1. The number of hydrogen-bond donors (Lipinski definition) is 3. The van der Waals surface area contributed by atoms with Crippen molar-refractivity contribution in [1.29, 1.82) is 0 Å². The van der Waals surface area contributed by atoms with Crippen LogP contribution >= 0.6 is 0 Å². The first kappa shape index (κ1) is 22.6. The molecule has 4 N–H and O–H groups in total. The lowest BCUT2D eigenvalue weighted by molar-refractivity contribution is 0.0365. The summed E-state index contributed by atoms with van der Waals surface area (Å²) in [7, 11) is 0. The molecule has 5 rings (SSSR count). The fraction of sp³-hybridized carbons (Fsp3) is 0.385. The van der Waals surface area contributed by atoms with E-state index in [4.69, 9.17) is 10.5 Å². The van der Waals surface area contributed by atoms with Gasteiger partial charge in [0.05, 0.1) is 13.2 Å². The summed E-state index contributed by atoms with van der Waals surface area (Å²) < 4.78 is 7.62. The highest BCUT2D eigenvalue weighted by atomic mass is 16.5. The number of ether oxygens (including phenoxy) is 1. The van der Waals surface area contributed by atoms with Gasteiger partial charge in [-0.25, -0.2) is 0 Å². The van der Waals surface area contributed by atoms with Gasteiger partial charge in [0.2, 0.25) is 0 Å². The van der Waals surface area contributed by atoms with E-state index in [-0.39, 0.29) is 24.4 Å². The van der Waals surface area contributed by atoms with Crippen molar-refractivity contribution in [2.24, 2.45) is 5.73 Å². The molecule has 0 spiro atoms. The predicted octanol–water partition coefficient (Wildman–Crippen LogP) is 2.58. The first-order chi connectivity index (χ1) is 16.6. The Morgan fingerprint density at radius 2 is 1.74 bits per heavy atom. The van der Waals surface area contributed by atoms with E-state index >= 15 is 0 Å². The maximum Gasteiger partial charge on any atom is 0.255 e. The SMILES string of the molecule is NCc1ccc(C(=O)NC2CC2)cc1NC(=O)c1ccc2ccn(CCN3CCOCC3)c2c1. The molecule has 1 aliphatic carbocycles. The molecule has 1 aliphatic heterocycles. The van der Waals surface area contributed by atoms with Gasteiger partial charge >= 0.3 is 0 Å². The first-order valence-corrected chi connectivity index (χ1v) is 11.9.